The fourth-order valence-electron chi connectivity index (χ4n) is 0.305. The summed E-state index contributed by atoms with van der Waals surface area (Å²) in [5.41, 5.74) is 14.7. The average molecular weight is 228 g/mol. The van der Waals surface area contributed by atoms with Crippen LogP contribution in [0.1, 0.15) is 0 Å². The molecule has 0 radical (unpaired) electrons. The van der Waals surface area contributed by atoms with Gasteiger partial charge < -0.3 is 17.2 Å². The predicted molar refractivity (Wildman–Crippen MR) is 48.8 cm³/mol. The maximum Gasteiger partial charge on any atom is 0.289 e. The van der Waals surface area contributed by atoms with E-state index in [4.69, 9.17) is 27.2 Å². The second kappa shape index (κ2) is 4.18. The Bertz CT molecular complexity index is 317. The molecule has 0 saturated carbocycles. The van der Waals surface area contributed by atoms with Gasteiger partial charge in [0.25, 0.3) is 9.05 Å². The van der Waals surface area contributed by atoms with E-state index in [-0.39, 0.29) is 5.17 Å². The number of hydrazone groups is 1. The number of hydroxylamine groups is 1. The molecule has 0 fully saturated rings. The molecular formula is C2H8N6O3S2. The molecule has 8 N–H and O–H groups in total. The van der Waals surface area contributed by atoms with Crippen molar-refractivity contribution in [3.05, 3.63) is 0 Å². The Morgan fingerprint density at radius 3 is 2.31 bits per heavy atom. The number of hydrogen-bond donors (Lipinski definition) is 5. The second-order valence-corrected chi connectivity index (χ2v) is 3.95. The number of nitrogens with two attached hydrogens (primary N) is 3. The van der Waals surface area contributed by atoms with Crippen molar-refractivity contribution in [1.82, 2.24) is 5.17 Å². The zero-order valence-corrected chi connectivity index (χ0v) is 7.84. The van der Waals surface area contributed by atoms with Crippen LogP contribution in [0.25, 0.3) is 0 Å². The van der Waals surface area contributed by atoms with E-state index in [1.165, 1.54) is 0 Å². The number of nitrogens with zero attached hydrogens (tertiary/aromatic N) is 2. The van der Waals surface area contributed by atoms with Gasteiger partial charge in [-0.1, -0.05) is 5.17 Å². The van der Waals surface area contributed by atoms with E-state index >= 15 is 0 Å². The maximum absolute atomic E-state index is 10.5. The number of hydrogen-bond acceptors (Lipinski definition) is 5. The fraction of sp³-hybridized carbons (Fsp3) is 0. The zero-order chi connectivity index (χ0) is 10.6. The lowest BCUT2D eigenvalue weighted by Crippen LogP contribution is -2.37. The maximum atomic E-state index is 10.5. The van der Waals surface area contributed by atoms with Gasteiger partial charge in [-0.2, -0.15) is 4.21 Å². The van der Waals surface area contributed by atoms with E-state index in [2.05, 4.69) is 20.6 Å². The lowest BCUT2D eigenvalue weighted by Gasteiger charge is -2.13. The fourth-order valence-corrected chi connectivity index (χ4v) is 0.770. The highest BCUT2D eigenvalue weighted by atomic mass is 32.9. The largest absolute Gasteiger partial charge is 0.369 e. The molecule has 0 aromatic heterocycles. The van der Waals surface area contributed by atoms with Crippen LogP contribution < -0.4 is 17.2 Å². The lowest BCUT2D eigenvalue weighted by molar-refractivity contribution is 0.0241. The van der Waals surface area contributed by atoms with E-state index in [0.717, 1.165) is 0 Å². The van der Waals surface area contributed by atoms with Gasteiger partial charge in [-0.15, -0.1) is 9.39 Å². The summed E-state index contributed by atoms with van der Waals surface area (Å²) in [7, 11) is -3.99. The minimum Gasteiger partial charge on any atom is -0.369 e. The SMILES string of the molecule is N=C(N)N(N=C(N)N)OS(=O)(O)=S. The first-order valence-corrected chi connectivity index (χ1v) is 4.99. The minimum atomic E-state index is -3.99. The summed E-state index contributed by atoms with van der Waals surface area (Å²) in [4.78, 5) is 0. The van der Waals surface area contributed by atoms with E-state index in [1.807, 2.05) is 0 Å². The quantitative estimate of drug-likeness (QED) is 0.200. The van der Waals surface area contributed by atoms with Crippen LogP contribution >= 0.6 is 0 Å². The van der Waals surface area contributed by atoms with Crippen LogP contribution in [0.3, 0.4) is 0 Å². The van der Waals surface area contributed by atoms with E-state index in [1.54, 1.807) is 0 Å². The number of rotatable bonds is 3. The standard InChI is InChI=1S/C2H8N6O3S2/c3-1(4)7-8(2(5)6)11-13(9,10)12/h(H3,5,6)(H4,3,4,7)(H,9,10,12). The molecular weight excluding hydrogens is 220 g/mol. The molecule has 0 saturated heterocycles. The Labute approximate surface area is 78.7 Å². The van der Waals surface area contributed by atoms with Gasteiger partial charge in [0, 0.05) is 11.2 Å². The van der Waals surface area contributed by atoms with Crippen LogP contribution in [0, 0.1) is 5.41 Å². The van der Waals surface area contributed by atoms with E-state index in [9.17, 15) is 4.21 Å². The molecule has 0 amide bonds. The van der Waals surface area contributed by atoms with Crippen LogP contribution in [0.15, 0.2) is 5.10 Å². The van der Waals surface area contributed by atoms with Gasteiger partial charge in [-0.05, 0) is 0 Å². The van der Waals surface area contributed by atoms with Crippen molar-refractivity contribution in [3.8, 4) is 0 Å². The average Bonchev–Trinajstić information content (AvgIpc) is 1.81. The number of nitrogens with one attached hydrogen (secondary N) is 1. The predicted octanol–water partition coefficient (Wildman–Crippen LogP) is -2.56. The van der Waals surface area contributed by atoms with Crippen molar-refractivity contribution < 1.29 is 13.0 Å². The highest BCUT2D eigenvalue weighted by molar-refractivity contribution is 8.27. The van der Waals surface area contributed by atoms with Crippen molar-refractivity contribution in [2.45, 2.75) is 0 Å². The van der Waals surface area contributed by atoms with Crippen molar-refractivity contribution in [1.29, 1.82) is 5.41 Å². The first-order chi connectivity index (χ1) is 5.72. The Morgan fingerprint density at radius 2 is 2.08 bits per heavy atom. The van der Waals surface area contributed by atoms with Gasteiger partial charge in [0.05, 0.1) is 0 Å². The second-order valence-electron chi connectivity index (χ2n) is 1.69. The molecule has 0 rings (SSSR count). The highest BCUT2D eigenvalue weighted by Crippen LogP contribution is 1.95. The van der Waals surface area contributed by atoms with Gasteiger partial charge >= 0.3 is 0 Å². The Kier molecular flexibility index (Phi) is 3.80. The van der Waals surface area contributed by atoms with E-state index < -0.39 is 21.0 Å². The minimum absolute atomic E-state index is 0.144. The summed E-state index contributed by atoms with van der Waals surface area (Å²) in [5, 5.41) is 10.0. The molecule has 0 heterocycles. The zero-order valence-electron chi connectivity index (χ0n) is 6.21. The van der Waals surface area contributed by atoms with Gasteiger partial charge in [0.15, 0.2) is 0 Å². The first-order valence-electron chi connectivity index (χ1n) is 2.63. The molecule has 1 unspecified atom stereocenters. The molecule has 0 aromatic carbocycles. The van der Waals surface area contributed by atoms with Gasteiger partial charge in [-0.3, -0.25) is 9.96 Å². The van der Waals surface area contributed by atoms with Crippen LogP contribution in [-0.4, -0.2) is 25.9 Å². The van der Waals surface area contributed by atoms with Crippen LogP contribution in [0.2, 0.25) is 0 Å². The number of guanidine groups is 2. The molecule has 76 valence electrons. The molecule has 9 nitrogen and oxygen atoms in total. The lowest BCUT2D eigenvalue weighted by atomic mass is 11.0. The third-order valence-electron chi connectivity index (χ3n) is 0.577. The summed E-state index contributed by atoms with van der Waals surface area (Å²) in [5.74, 6) is -1.30. The summed E-state index contributed by atoms with van der Waals surface area (Å²) < 4.78 is 23.1. The van der Waals surface area contributed by atoms with Crippen molar-refractivity contribution in [2.24, 2.45) is 22.3 Å². The summed E-state index contributed by atoms with van der Waals surface area (Å²) in [6.07, 6.45) is 0. The van der Waals surface area contributed by atoms with Crippen LogP contribution in [-0.2, 0) is 24.5 Å². The normalized spacial score (nSPS) is 14.2. The van der Waals surface area contributed by atoms with Crippen molar-refractivity contribution in [2.75, 3.05) is 0 Å². The molecule has 0 aliphatic carbocycles. The molecule has 11 heteroatoms. The van der Waals surface area contributed by atoms with Gasteiger partial charge in [-0.25, -0.2) is 0 Å². The molecule has 13 heavy (non-hydrogen) atoms. The molecule has 0 bridgehead atoms. The molecule has 0 aliphatic heterocycles. The topological polar surface area (TPSA) is 164 Å². The Hall–Kier alpha value is -1.17. The van der Waals surface area contributed by atoms with Crippen LogP contribution in [0.5, 0.6) is 0 Å². The summed E-state index contributed by atoms with van der Waals surface area (Å²) >= 11 is 3.95. The van der Waals surface area contributed by atoms with Crippen LogP contribution in [0.4, 0.5) is 0 Å². The molecule has 1 atom stereocenters. The van der Waals surface area contributed by atoms with Gasteiger partial charge in [0.1, 0.15) is 0 Å². The highest BCUT2D eigenvalue weighted by Gasteiger charge is 2.12. The third-order valence-corrected chi connectivity index (χ3v) is 1.09. The van der Waals surface area contributed by atoms with Crippen molar-refractivity contribution >= 4 is 32.2 Å². The molecule has 0 aromatic rings. The molecule has 0 spiro atoms. The Balaban J connectivity index is 4.66. The molecule has 0 aliphatic rings. The third kappa shape index (κ3) is 6.03. The monoisotopic (exact) mass is 228 g/mol. The summed E-state index contributed by atoms with van der Waals surface area (Å²) in [6.45, 7) is 0. The smallest absolute Gasteiger partial charge is 0.289 e. The van der Waals surface area contributed by atoms with Crippen molar-refractivity contribution in [3.63, 3.8) is 0 Å². The van der Waals surface area contributed by atoms with E-state index in [0.29, 0.717) is 0 Å². The van der Waals surface area contributed by atoms with Gasteiger partial charge in [0.2, 0.25) is 11.9 Å². The first kappa shape index (κ1) is 11.8. The summed E-state index contributed by atoms with van der Waals surface area (Å²) in [6, 6.07) is 0. The Morgan fingerprint density at radius 1 is 1.62 bits per heavy atom.